The molecule has 0 unspecified atom stereocenters. The first-order valence-electron chi connectivity index (χ1n) is 5.15. The van der Waals surface area contributed by atoms with Gasteiger partial charge in [-0.25, -0.2) is 0 Å². The Morgan fingerprint density at radius 2 is 1.62 bits per heavy atom. The topological polar surface area (TPSA) is 60.8 Å². The third kappa shape index (κ3) is 8.11. The number of nitrogens with zero attached hydrogens (tertiary/aromatic N) is 1. The molecule has 0 saturated carbocycles. The SMILES string of the molecule is CN(CCO)CCO.O=Cc1ccccc1. The van der Waals surface area contributed by atoms with E-state index in [0.29, 0.717) is 13.1 Å². The van der Waals surface area contributed by atoms with Gasteiger partial charge in [-0.2, -0.15) is 0 Å². The van der Waals surface area contributed by atoms with Crippen molar-refractivity contribution in [3.63, 3.8) is 0 Å². The summed E-state index contributed by atoms with van der Waals surface area (Å²) in [4.78, 5) is 11.9. The first-order valence-corrected chi connectivity index (χ1v) is 5.15. The van der Waals surface area contributed by atoms with Gasteiger partial charge < -0.3 is 15.1 Å². The van der Waals surface area contributed by atoms with Gasteiger partial charge in [-0.15, -0.1) is 0 Å². The summed E-state index contributed by atoms with van der Waals surface area (Å²) >= 11 is 0. The van der Waals surface area contributed by atoms with E-state index in [2.05, 4.69) is 0 Å². The molecule has 1 aromatic rings. The number of carbonyl (C=O) groups is 1. The molecule has 16 heavy (non-hydrogen) atoms. The van der Waals surface area contributed by atoms with Crippen molar-refractivity contribution < 1.29 is 15.0 Å². The van der Waals surface area contributed by atoms with Crippen molar-refractivity contribution >= 4 is 6.29 Å². The number of hydrogen-bond donors (Lipinski definition) is 2. The maximum atomic E-state index is 10.0. The minimum Gasteiger partial charge on any atom is -0.395 e. The predicted molar refractivity (Wildman–Crippen MR) is 63.5 cm³/mol. The summed E-state index contributed by atoms with van der Waals surface area (Å²) in [7, 11) is 1.85. The summed E-state index contributed by atoms with van der Waals surface area (Å²) in [5.41, 5.74) is 0.729. The van der Waals surface area contributed by atoms with E-state index in [4.69, 9.17) is 10.2 Å². The molecule has 0 saturated heterocycles. The van der Waals surface area contributed by atoms with Crippen LogP contribution in [0.3, 0.4) is 0 Å². The lowest BCUT2D eigenvalue weighted by Crippen LogP contribution is -2.25. The highest BCUT2D eigenvalue weighted by atomic mass is 16.3. The van der Waals surface area contributed by atoms with Gasteiger partial charge >= 0.3 is 0 Å². The molecule has 0 spiro atoms. The third-order valence-corrected chi connectivity index (χ3v) is 1.90. The van der Waals surface area contributed by atoms with Crippen LogP contribution in [-0.4, -0.2) is 54.8 Å². The van der Waals surface area contributed by atoms with E-state index in [1.54, 1.807) is 12.1 Å². The first-order chi connectivity index (χ1) is 7.74. The van der Waals surface area contributed by atoms with Gasteiger partial charge in [-0.05, 0) is 7.05 Å². The Balaban J connectivity index is 0.000000281. The van der Waals surface area contributed by atoms with Crippen molar-refractivity contribution in [1.82, 2.24) is 4.90 Å². The number of aldehydes is 1. The second-order valence-corrected chi connectivity index (χ2v) is 3.28. The van der Waals surface area contributed by atoms with Gasteiger partial charge in [0.2, 0.25) is 0 Å². The quantitative estimate of drug-likeness (QED) is 0.712. The molecule has 0 aliphatic rings. The van der Waals surface area contributed by atoms with Crippen molar-refractivity contribution in [2.75, 3.05) is 33.4 Å². The zero-order valence-corrected chi connectivity index (χ0v) is 9.54. The number of benzene rings is 1. The summed E-state index contributed by atoms with van der Waals surface area (Å²) in [5, 5.41) is 16.7. The molecule has 0 aliphatic heterocycles. The summed E-state index contributed by atoms with van der Waals surface area (Å²) in [6.45, 7) is 1.61. The van der Waals surface area contributed by atoms with E-state index in [9.17, 15) is 4.79 Å². The van der Waals surface area contributed by atoms with Crippen molar-refractivity contribution in [1.29, 1.82) is 0 Å². The molecule has 0 heterocycles. The molecule has 0 fully saturated rings. The Hall–Kier alpha value is -1.23. The highest BCUT2D eigenvalue weighted by molar-refractivity contribution is 5.74. The van der Waals surface area contributed by atoms with Crippen LogP contribution in [0.1, 0.15) is 10.4 Å². The normalized spacial score (nSPS) is 9.50. The minimum absolute atomic E-state index is 0.163. The molecule has 1 aromatic carbocycles. The highest BCUT2D eigenvalue weighted by Gasteiger charge is 1.91. The molecular weight excluding hydrogens is 206 g/mol. The monoisotopic (exact) mass is 225 g/mol. The number of carbonyl (C=O) groups excluding carboxylic acids is 1. The van der Waals surface area contributed by atoms with Crippen LogP contribution < -0.4 is 0 Å². The second kappa shape index (κ2) is 10.3. The fraction of sp³-hybridized carbons (Fsp3) is 0.417. The number of aliphatic hydroxyl groups is 2. The van der Waals surface area contributed by atoms with Crippen LogP contribution in [0.5, 0.6) is 0 Å². The van der Waals surface area contributed by atoms with E-state index < -0.39 is 0 Å². The lowest BCUT2D eigenvalue weighted by Gasteiger charge is -2.11. The highest BCUT2D eigenvalue weighted by Crippen LogP contribution is 1.91. The Morgan fingerprint density at radius 3 is 1.94 bits per heavy atom. The van der Waals surface area contributed by atoms with Gasteiger partial charge in [-0.1, -0.05) is 30.3 Å². The smallest absolute Gasteiger partial charge is 0.150 e. The van der Waals surface area contributed by atoms with Crippen LogP contribution in [-0.2, 0) is 0 Å². The molecule has 4 heteroatoms. The maximum absolute atomic E-state index is 10.0. The van der Waals surface area contributed by atoms with Gasteiger partial charge in [0.1, 0.15) is 6.29 Å². The zero-order valence-electron chi connectivity index (χ0n) is 9.54. The molecule has 0 aliphatic carbocycles. The number of likely N-dealkylation sites (N-methyl/N-ethyl adjacent to an activating group) is 1. The molecule has 2 N–H and O–H groups in total. The Labute approximate surface area is 96.1 Å². The Morgan fingerprint density at radius 1 is 1.12 bits per heavy atom. The molecule has 0 bridgehead atoms. The van der Waals surface area contributed by atoms with Crippen molar-refractivity contribution in [3.05, 3.63) is 35.9 Å². The summed E-state index contributed by atoms with van der Waals surface area (Å²) in [5.74, 6) is 0. The van der Waals surface area contributed by atoms with Crippen LogP contribution >= 0.6 is 0 Å². The van der Waals surface area contributed by atoms with E-state index in [-0.39, 0.29) is 13.2 Å². The van der Waals surface area contributed by atoms with Crippen LogP contribution in [0.25, 0.3) is 0 Å². The molecule has 0 amide bonds. The zero-order chi connectivity index (χ0) is 12.2. The number of rotatable bonds is 5. The van der Waals surface area contributed by atoms with Gasteiger partial charge in [0.05, 0.1) is 13.2 Å². The molecule has 4 nitrogen and oxygen atoms in total. The Kier molecular flexibility index (Phi) is 9.50. The van der Waals surface area contributed by atoms with Crippen LogP contribution in [0.4, 0.5) is 0 Å². The average Bonchev–Trinajstić information content (AvgIpc) is 2.32. The minimum atomic E-state index is 0.163. The maximum Gasteiger partial charge on any atom is 0.150 e. The lowest BCUT2D eigenvalue weighted by atomic mass is 10.2. The van der Waals surface area contributed by atoms with Crippen LogP contribution in [0.2, 0.25) is 0 Å². The molecule has 1 rings (SSSR count). The van der Waals surface area contributed by atoms with Crippen LogP contribution in [0, 0.1) is 0 Å². The van der Waals surface area contributed by atoms with Crippen molar-refractivity contribution in [3.8, 4) is 0 Å². The van der Waals surface area contributed by atoms with Gasteiger partial charge in [0.15, 0.2) is 0 Å². The molecule has 0 radical (unpaired) electrons. The van der Waals surface area contributed by atoms with Crippen LogP contribution in [0.15, 0.2) is 30.3 Å². The van der Waals surface area contributed by atoms with E-state index >= 15 is 0 Å². The summed E-state index contributed by atoms with van der Waals surface area (Å²) in [6.07, 6.45) is 0.833. The second-order valence-electron chi connectivity index (χ2n) is 3.28. The van der Waals surface area contributed by atoms with E-state index in [1.165, 1.54) is 0 Å². The first kappa shape index (κ1) is 14.8. The third-order valence-electron chi connectivity index (χ3n) is 1.90. The van der Waals surface area contributed by atoms with Gasteiger partial charge in [0.25, 0.3) is 0 Å². The van der Waals surface area contributed by atoms with Gasteiger partial charge in [-0.3, -0.25) is 4.79 Å². The van der Waals surface area contributed by atoms with E-state index in [1.807, 2.05) is 30.1 Å². The average molecular weight is 225 g/mol. The number of hydrogen-bond acceptors (Lipinski definition) is 4. The molecule has 0 atom stereocenters. The summed E-state index contributed by atoms with van der Waals surface area (Å²) in [6, 6.07) is 9.10. The molecule has 0 aromatic heterocycles. The predicted octanol–water partition coefficient (Wildman–Crippen LogP) is 0.402. The lowest BCUT2D eigenvalue weighted by molar-refractivity contribution is 0.112. The fourth-order valence-electron chi connectivity index (χ4n) is 0.985. The number of aliphatic hydroxyl groups excluding tert-OH is 2. The largest absolute Gasteiger partial charge is 0.395 e. The van der Waals surface area contributed by atoms with Crippen molar-refractivity contribution in [2.45, 2.75) is 0 Å². The van der Waals surface area contributed by atoms with Gasteiger partial charge in [0, 0.05) is 18.7 Å². The standard InChI is InChI=1S/C7H6O.C5H13NO2/c8-6-7-4-2-1-3-5-7;1-6(2-4-7)3-5-8/h1-6H;7-8H,2-5H2,1H3. The summed E-state index contributed by atoms with van der Waals surface area (Å²) < 4.78 is 0. The Bertz CT molecular complexity index is 258. The van der Waals surface area contributed by atoms with Crippen molar-refractivity contribution in [2.24, 2.45) is 0 Å². The fourth-order valence-corrected chi connectivity index (χ4v) is 0.985. The van der Waals surface area contributed by atoms with E-state index in [0.717, 1.165) is 11.8 Å². The molecule has 90 valence electrons. The molecular formula is C12H19NO3.